The van der Waals surface area contributed by atoms with Gasteiger partial charge in [-0.2, -0.15) is 26.3 Å². The first-order valence-corrected chi connectivity index (χ1v) is 6.08. The predicted octanol–water partition coefficient (Wildman–Crippen LogP) is 4.19. The summed E-state index contributed by atoms with van der Waals surface area (Å²) >= 11 is 0. The van der Waals surface area contributed by atoms with Gasteiger partial charge in [0.1, 0.15) is 0 Å². The lowest BCUT2D eigenvalue weighted by molar-refractivity contribution is -0.137. The van der Waals surface area contributed by atoms with Crippen molar-refractivity contribution >= 4 is 11.4 Å². The van der Waals surface area contributed by atoms with Gasteiger partial charge in [-0.3, -0.25) is 9.78 Å². The summed E-state index contributed by atoms with van der Waals surface area (Å²) in [6.07, 6.45) is -7.08. The maximum atomic E-state index is 12.9. The molecule has 0 bridgehead atoms. The molecule has 0 radical (unpaired) electrons. The van der Waals surface area contributed by atoms with Crippen molar-refractivity contribution in [2.75, 3.05) is 0 Å². The molecule has 0 spiro atoms. The third-order valence-electron chi connectivity index (χ3n) is 3.22. The molecule has 8 heteroatoms. The molecule has 0 saturated heterocycles. The van der Waals surface area contributed by atoms with E-state index in [4.69, 9.17) is 0 Å². The molecule has 2 rings (SSSR count). The molecule has 2 nitrogen and oxygen atoms in total. The zero-order valence-corrected chi connectivity index (χ0v) is 11.1. The fourth-order valence-electron chi connectivity index (χ4n) is 1.97. The van der Waals surface area contributed by atoms with Crippen molar-refractivity contribution in [3.05, 3.63) is 47.3 Å². The van der Waals surface area contributed by atoms with E-state index in [2.05, 4.69) is 4.98 Å². The first kappa shape index (κ1) is 16.3. The second-order valence-electron chi connectivity index (χ2n) is 4.75. The Balaban J connectivity index is 2.42. The van der Waals surface area contributed by atoms with Crippen molar-refractivity contribution in [1.82, 2.24) is 4.98 Å². The van der Waals surface area contributed by atoms with Crippen LogP contribution in [0.4, 0.5) is 26.3 Å². The average molecular weight is 321 g/mol. The predicted molar refractivity (Wildman–Crippen MR) is 65.5 cm³/mol. The van der Waals surface area contributed by atoms with Gasteiger partial charge < -0.3 is 0 Å². The molecule has 1 aromatic heterocycles. The van der Waals surface area contributed by atoms with Crippen LogP contribution in [0.1, 0.15) is 18.2 Å². The zero-order chi connectivity index (χ0) is 16.7. The summed E-state index contributed by atoms with van der Waals surface area (Å²) in [5.41, 5.74) is -2.36. The smallest absolute Gasteiger partial charge is 0.294 e. The van der Waals surface area contributed by atoms with Crippen LogP contribution in [0.3, 0.4) is 0 Å². The third-order valence-corrected chi connectivity index (χ3v) is 3.22. The van der Waals surface area contributed by atoms with Crippen LogP contribution in [0.15, 0.2) is 36.1 Å². The minimum Gasteiger partial charge on any atom is -0.294 e. The van der Waals surface area contributed by atoms with Crippen LogP contribution < -0.4 is 0 Å². The van der Waals surface area contributed by atoms with Crippen molar-refractivity contribution in [2.45, 2.75) is 19.3 Å². The Morgan fingerprint density at radius 1 is 1.00 bits per heavy atom. The molecule has 1 heterocycles. The molecule has 0 N–H and O–H groups in total. The minimum absolute atomic E-state index is 0.130. The molecule has 0 aliphatic heterocycles. The SMILES string of the molecule is CC1C(=O)C=C(c2ccc(C(F)(F)F)cn2)C=C1C(F)(F)F. The molecule has 1 aliphatic rings. The lowest BCUT2D eigenvalue weighted by Crippen LogP contribution is -2.26. The number of hydrogen-bond acceptors (Lipinski definition) is 2. The van der Waals surface area contributed by atoms with Crippen LogP contribution in [0.5, 0.6) is 0 Å². The van der Waals surface area contributed by atoms with Gasteiger partial charge in [-0.15, -0.1) is 0 Å². The summed E-state index contributed by atoms with van der Waals surface area (Å²) in [5, 5.41) is 0. The third kappa shape index (κ3) is 3.20. The first-order chi connectivity index (χ1) is 10.00. The van der Waals surface area contributed by atoms with Crippen molar-refractivity contribution in [3.8, 4) is 0 Å². The van der Waals surface area contributed by atoms with E-state index in [1.807, 2.05) is 0 Å². The monoisotopic (exact) mass is 321 g/mol. The number of aromatic nitrogens is 1. The van der Waals surface area contributed by atoms with Crippen molar-refractivity contribution in [1.29, 1.82) is 0 Å². The van der Waals surface area contributed by atoms with Gasteiger partial charge in [0.2, 0.25) is 0 Å². The minimum atomic E-state index is -4.69. The Morgan fingerprint density at radius 3 is 2.09 bits per heavy atom. The van der Waals surface area contributed by atoms with Gasteiger partial charge in [0, 0.05) is 23.3 Å². The van der Waals surface area contributed by atoms with Gasteiger partial charge in [0.25, 0.3) is 0 Å². The van der Waals surface area contributed by atoms with Crippen molar-refractivity contribution in [3.63, 3.8) is 0 Å². The summed E-state index contributed by atoms with van der Waals surface area (Å²) in [6.45, 7) is 1.12. The Morgan fingerprint density at radius 2 is 1.64 bits per heavy atom. The number of alkyl halides is 6. The lowest BCUT2D eigenvalue weighted by atomic mass is 9.87. The zero-order valence-electron chi connectivity index (χ0n) is 11.1. The topological polar surface area (TPSA) is 30.0 Å². The summed E-state index contributed by atoms with van der Waals surface area (Å²) in [7, 11) is 0. The fraction of sp³-hybridized carbons (Fsp3) is 0.286. The highest BCUT2D eigenvalue weighted by Gasteiger charge is 2.41. The molecule has 1 atom stereocenters. The molecule has 1 unspecified atom stereocenters. The molecule has 0 amide bonds. The highest BCUT2D eigenvalue weighted by atomic mass is 19.4. The number of pyridine rings is 1. The number of allylic oxidation sites excluding steroid dienone is 4. The Labute approximate surface area is 121 Å². The molecule has 0 aromatic carbocycles. The number of rotatable bonds is 1. The number of carbonyl (C=O) groups is 1. The molecule has 1 aliphatic carbocycles. The molecule has 118 valence electrons. The van der Waals surface area contributed by atoms with Crippen LogP contribution in [0.2, 0.25) is 0 Å². The Hall–Kier alpha value is -2.12. The summed E-state index contributed by atoms with van der Waals surface area (Å²) in [5.74, 6) is -2.12. The van der Waals surface area contributed by atoms with E-state index in [1.165, 1.54) is 0 Å². The Kier molecular flexibility index (Phi) is 3.88. The number of carbonyl (C=O) groups excluding carboxylic acids is 1. The maximum absolute atomic E-state index is 12.9. The number of halogens is 6. The lowest BCUT2D eigenvalue weighted by Gasteiger charge is -2.21. The van der Waals surface area contributed by atoms with Gasteiger partial charge in [0.15, 0.2) is 5.78 Å². The van der Waals surface area contributed by atoms with Crippen LogP contribution in [0, 0.1) is 5.92 Å². The number of nitrogens with zero attached hydrogens (tertiary/aromatic N) is 1. The molecule has 22 heavy (non-hydrogen) atoms. The van der Waals surface area contributed by atoms with E-state index in [0.717, 1.165) is 25.1 Å². The molecular formula is C14H9F6NO. The van der Waals surface area contributed by atoms with Gasteiger partial charge in [0.05, 0.1) is 11.3 Å². The molecule has 0 fully saturated rings. The summed E-state index contributed by atoms with van der Waals surface area (Å²) < 4.78 is 75.8. The second-order valence-corrected chi connectivity index (χ2v) is 4.75. The van der Waals surface area contributed by atoms with Crippen molar-refractivity contribution in [2.24, 2.45) is 5.92 Å². The number of hydrogen-bond donors (Lipinski definition) is 0. The highest BCUT2D eigenvalue weighted by molar-refractivity contribution is 6.04. The van der Waals surface area contributed by atoms with E-state index < -0.39 is 35.2 Å². The molecule has 1 aromatic rings. The van der Waals surface area contributed by atoms with Crippen LogP contribution in [0.25, 0.3) is 5.57 Å². The largest absolute Gasteiger partial charge is 0.417 e. The van der Waals surface area contributed by atoms with Crippen LogP contribution in [-0.4, -0.2) is 16.9 Å². The molecular weight excluding hydrogens is 312 g/mol. The van der Waals surface area contributed by atoms with E-state index in [1.54, 1.807) is 0 Å². The van der Waals surface area contributed by atoms with Crippen LogP contribution >= 0.6 is 0 Å². The average Bonchev–Trinajstić information content (AvgIpc) is 2.39. The standard InChI is InChI=1S/C14H9F6NO/c1-7-10(14(18,19)20)4-8(5-12(7)22)11-3-2-9(6-21-11)13(15,16)17/h2-7H,1H3. The van der Waals surface area contributed by atoms with Crippen molar-refractivity contribution < 1.29 is 31.1 Å². The van der Waals surface area contributed by atoms with E-state index in [9.17, 15) is 31.1 Å². The van der Waals surface area contributed by atoms with Gasteiger partial charge in [-0.1, -0.05) is 6.92 Å². The number of ketones is 1. The quantitative estimate of drug-likeness (QED) is 0.726. The first-order valence-electron chi connectivity index (χ1n) is 6.08. The summed E-state index contributed by atoms with van der Waals surface area (Å²) in [6, 6.07) is 1.63. The van der Waals surface area contributed by atoms with Gasteiger partial charge in [-0.05, 0) is 24.3 Å². The van der Waals surface area contributed by atoms with Gasteiger partial charge in [-0.25, -0.2) is 0 Å². The summed E-state index contributed by atoms with van der Waals surface area (Å²) in [4.78, 5) is 15.1. The van der Waals surface area contributed by atoms with Gasteiger partial charge >= 0.3 is 12.4 Å². The van der Waals surface area contributed by atoms with E-state index in [0.29, 0.717) is 12.3 Å². The second kappa shape index (κ2) is 5.26. The molecule has 0 saturated carbocycles. The van der Waals surface area contributed by atoms with E-state index >= 15 is 0 Å². The fourth-order valence-corrected chi connectivity index (χ4v) is 1.97. The normalized spacial score (nSPS) is 19.8. The van der Waals surface area contributed by atoms with Crippen LogP contribution in [-0.2, 0) is 11.0 Å². The van der Waals surface area contributed by atoms with E-state index in [-0.39, 0.29) is 11.3 Å². The highest BCUT2D eigenvalue weighted by Crippen LogP contribution is 2.37. The Bertz CT molecular complexity index is 651. The maximum Gasteiger partial charge on any atom is 0.417 e.